The van der Waals surface area contributed by atoms with E-state index in [0.29, 0.717) is 28.3 Å². The maximum Gasteiger partial charge on any atom is 0.323 e. The van der Waals surface area contributed by atoms with Gasteiger partial charge in [-0.25, -0.2) is 4.79 Å². The lowest BCUT2D eigenvalue weighted by molar-refractivity contribution is -0.122. The van der Waals surface area contributed by atoms with Crippen LogP contribution in [0.4, 0.5) is 10.5 Å². The second kappa shape index (κ2) is 12.2. The molecule has 0 spiro atoms. The Labute approximate surface area is 245 Å². The Morgan fingerprint density at radius 2 is 1.31 bits per heavy atom. The van der Waals surface area contributed by atoms with Crippen LogP contribution in [0.1, 0.15) is 39.0 Å². The Balaban J connectivity index is 1.70. The minimum Gasteiger partial charge on any atom is -0.497 e. The first-order valence-corrected chi connectivity index (χ1v) is 13.6. The molecule has 0 saturated carbocycles. The van der Waals surface area contributed by atoms with Crippen molar-refractivity contribution in [1.29, 1.82) is 0 Å². The van der Waals surface area contributed by atoms with Crippen LogP contribution in [0.3, 0.4) is 0 Å². The van der Waals surface area contributed by atoms with Crippen molar-refractivity contribution in [2.45, 2.75) is 24.9 Å². The molecule has 3 amide bonds. The minimum atomic E-state index is -1.11. The number of urea groups is 1. The number of nitrogens with one attached hydrogen (secondary N) is 1. The predicted octanol–water partition coefficient (Wildman–Crippen LogP) is 5.74. The van der Waals surface area contributed by atoms with E-state index in [2.05, 4.69) is 5.32 Å². The number of carbonyl (C=O) groups is 3. The third-order valence-electron chi connectivity index (χ3n) is 7.81. The standard InChI is InChI=1S/C34H33N3O5/c1-21-9-15-25(16-10-21)36-34(40)37-30(23-11-17-26(41-2)18-12-23)29(32(38)24-13-19-27(42-3)20-14-24)28(31(37)33(35)39)22-7-5-4-6-8-22/h4-20,28-31H,1-3H3,(H2,35,39)(H,36,40). The van der Waals surface area contributed by atoms with Gasteiger partial charge in [-0.1, -0.05) is 60.2 Å². The van der Waals surface area contributed by atoms with Gasteiger partial charge in [-0.15, -0.1) is 0 Å². The van der Waals surface area contributed by atoms with E-state index in [1.165, 1.54) is 4.90 Å². The van der Waals surface area contributed by atoms with Gasteiger partial charge in [0.2, 0.25) is 5.91 Å². The van der Waals surface area contributed by atoms with E-state index in [9.17, 15) is 14.4 Å². The third kappa shape index (κ3) is 5.56. The molecule has 8 nitrogen and oxygen atoms in total. The Morgan fingerprint density at radius 3 is 1.86 bits per heavy atom. The normalized spacial score (nSPS) is 19.6. The number of Topliss-reactive ketones (excluding diaryl/α,β-unsaturated/α-hetero) is 1. The molecule has 0 radical (unpaired) electrons. The van der Waals surface area contributed by atoms with Gasteiger partial charge in [0, 0.05) is 17.2 Å². The molecule has 8 heteroatoms. The second-order valence-corrected chi connectivity index (χ2v) is 10.3. The van der Waals surface area contributed by atoms with Gasteiger partial charge < -0.3 is 25.4 Å². The van der Waals surface area contributed by atoms with E-state index in [-0.39, 0.29) is 5.78 Å². The van der Waals surface area contributed by atoms with Crippen LogP contribution in [0, 0.1) is 12.8 Å². The molecule has 4 aromatic rings. The monoisotopic (exact) mass is 563 g/mol. The van der Waals surface area contributed by atoms with E-state index < -0.39 is 35.9 Å². The Kier molecular flexibility index (Phi) is 8.24. The van der Waals surface area contributed by atoms with Crippen molar-refractivity contribution in [1.82, 2.24) is 4.90 Å². The van der Waals surface area contributed by atoms with Crippen LogP contribution in [0.25, 0.3) is 0 Å². The SMILES string of the molecule is COc1ccc(C(=O)C2C(c3ccccc3)C(C(N)=O)N(C(=O)Nc3ccc(C)cc3)C2c2ccc(OC)cc2)cc1. The molecule has 4 atom stereocenters. The van der Waals surface area contributed by atoms with E-state index >= 15 is 0 Å². The zero-order valence-electron chi connectivity index (χ0n) is 23.7. The van der Waals surface area contributed by atoms with E-state index in [0.717, 1.165) is 11.1 Å². The van der Waals surface area contributed by atoms with Crippen LogP contribution in [0.5, 0.6) is 11.5 Å². The molecule has 1 aliphatic heterocycles. The second-order valence-electron chi connectivity index (χ2n) is 10.3. The molecular formula is C34H33N3O5. The number of primary amides is 1. The molecule has 5 rings (SSSR count). The van der Waals surface area contributed by atoms with Gasteiger partial charge in [-0.3, -0.25) is 9.59 Å². The molecule has 4 aromatic carbocycles. The first kappa shape index (κ1) is 28.4. The number of nitrogens with two attached hydrogens (primary N) is 1. The fourth-order valence-electron chi connectivity index (χ4n) is 5.79. The van der Waals surface area contributed by atoms with Gasteiger partial charge in [0.1, 0.15) is 17.5 Å². The Morgan fingerprint density at radius 1 is 0.738 bits per heavy atom. The van der Waals surface area contributed by atoms with Crippen molar-refractivity contribution in [2.24, 2.45) is 11.7 Å². The van der Waals surface area contributed by atoms with Gasteiger partial charge in [-0.2, -0.15) is 0 Å². The first-order chi connectivity index (χ1) is 20.3. The molecule has 3 N–H and O–H groups in total. The molecule has 0 bridgehead atoms. The summed E-state index contributed by atoms with van der Waals surface area (Å²) < 4.78 is 10.7. The summed E-state index contributed by atoms with van der Waals surface area (Å²) in [6, 6.07) is 28.2. The molecule has 0 aliphatic carbocycles. The highest BCUT2D eigenvalue weighted by molar-refractivity contribution is 6.03. The number of anilines is 1. The number of amides is 3. The van der Waals surface area contributed by atoms with E-state index in [4.69, 9.17) is 15.2 Å². The van der Waals surface area contributed by atoms with Crippen molar-refractivity contribution >= 4 is 23.4 Å². The smallest absolute Gasteiger partial charge is 0.323 e. The van der Waals surface area contributed by atoms with E-state index in [1.807, 2.05) is 61.5 Å². The molecule has 214 valence electrons. The molecule has 1 saturated heterocycles. The van der Waals surface area contributed by atoms with Crippen LogP contribution in [0.2, 0.25) is 0 Å². The lowest BCUT2D eigenvalue weighted by Gasteiger charge is -2.31. The molecule has 0 aromatic heterocycles. The number of methoxy groups -OCH3 is 2. The van der Waals surface area contributed by atoms with Gasteiger partial charge in [0.05, 0.1) is 26.2 Å². The Bertz CT molecular complexity index is 1550. The highest BCUT2D eigenvalue weighted by atomic mass is 16.5. The number of rotatable bonds is 8. The average molecular weight is 564 g/mol. The number of ketones is 1. The first-order valence-electron chi connectivity index (χ1n) is 13.6. The summed E-state index contributed by atoms with van der Waals surface area (Å²) in [7, 11) is 3.12. The van der Waals surface area contributed by atoms with Crippen molar-refractivity contribution < 1.29 is 23.9 Å². The number of likely N-dealkylation sites (tertiary alicyclic amines) is 1. The quantitative estimate of drug-likeness (QED) is 0.266. The van der Waals surface area contributed by atoms with Crippen molar-refractivity contribution in [2.75, 3.05) is 19.5 Å². The third-order valence-corrected chi connectivity index (χ3v) is 7.81. The summed E-state index contributed by atoms with van der Waals surface area (Å²) in [6.45, 7) is 1.95. The topological polar surface area (TPSA) is 111 Å². The number of hydrogen-bond acceptors (Lipinski definition) is 5. The van der Waals surface area contributed by atoms with Crippen molar-refractivity contribution in [3.8, 4) is 11.5 Å². The highest BCUT2D eigenvalue weighted by Gasteiger charge is 2.57. The maximum absolute atomic E-state index is 14.5. The van der Waals surface area contributed by atoms with Gasteiger partial charge >= 0.3 is 6.03 Å². The summed E-state index contributed by atoms with van der Waals surface area (Å²) in [5.74, 6) is -1.24. The molecule has 1 heterocycles. The minimum absolute atomic E-state index is 0.218. The van der Waals surface area contributed by atoms with E-state index in [1.54, 1.807) is 62.8 Å². The van der Waals surface area contributed by atoms with Gasteiger partial charge in [-0.05, 0) is 66.6 Å². The zero-order valence-corrected chi connectivity index (χ0v) is 23.7. The number of nitrogens with zero attached hydrogens (tertiary/aromatic N) is 1. The van der Waals surface area contributed by atoms with Crippen LogP contribution < -0.4 is 20.5 Å². The van der Waals surface area contributed by atoms with Gasteiger partial charge in [0.25, 0.3) is 0 Å². The fraction of sp³-hybridized carbons (Fsp3) is 0.206. The molecule has 1 fully saturated rings. The Hall–Kier alpha value is -5.11. The lowest BCUT2D eigenvalue weighted by Crippen LogP contribution is -2.48. The van der Waals surface area contributed by atoms with Crippen molar-refractivity contribution in [3.05, 3.63) is 125 Å². The summed E-state index contributed by atoms with van der Waals surface area (Å²) >= 11 is 0. The number of ether oxygens (including phenoxy) is 2. The maximum atomic E-state index is 14.5. The number of carbonyl (C=O) groups excluding carboxylic acids is 3. The summed E-state index contributed by atoms with van der Waals surface area (Å²) in [6.07, 6.45) is 0. The number of benzene rings is 4. The molecule has 1 aliphatic rings. The van der Waals surface area contributed by atoms with Crippen molar-refractivity contribution in [3.63, 3.8) is 0 Å². The van der Waals surface area contributed by atoms with Crippen LogP contribution in [-0.2, 0) is 4.79 Å². The summed E-state index contributed by atoms with van der Waals surface area (Å²) in [5.41, 5.74) is 9.52. The molecule has 4 unspecified atom stereocenters. The number of hydrogen-bond donors (Lipinski definition) is 2. The fourth-order valence-corrected chi connectivity index (χ4v) is 5.79. The van der Waals surface area contributed by atoms with Crippen LogP contribution >= 0.6 is 0 Å². The summed E-state index contributed by atoms with van der Waals surface area (Å²) in [4.78, 5) is 43.4. The van der Waals surface area contributed by atoms with Crippen LogP contribution in [0.15, 0.2) is 103 Å². The molecule has 42 heavy (non-hydrogen) atoms. The number of aryl methyl sites for hydroxylation is 1. The highest BCUT2D eigenvalue weighted by Crippen LogP contribution is 2.51. The van der Waals surface area contributed by atoms with Crippen LogP contribution in [-0.4, -0.2) is 42.9 Å². The summed E-state index contributed by atoms with van der Waals surface area (Å²) in [5, 5.41) is 2.93. The average Bonchev–Trinajstić information content (AvgIpc) is 3.39. The largest absolute Gasteiger partial charge is 0.497 e. The molecular weight excluding hydrogens is 530 g/mol. The van der Waals surface area contributed by atoms with Gasteiger partial charge in [0.15, 0.2) is 5.78 Å². The predicted molar refractivity (Wildman–Crippen MR) is 161 cm³/mol. The lowest BCUT2D eigenvalue weighted by atomic mass is 9.76. The zero-order chi connectivity index (χ0) is 29.8.